The highest BCUT2D eigenvalue weighted by atomic mass is 19.1. The van der Waals surface area contributed by atoms with Gasteiger partial charge in [0, 0.05) is 47.3 Å². The minimum Gasteiger partial charge on any atom is -0.472 e. The highest BCUT2D eigenvalue weighted by molar-refractivity contribution is 6.08. The Hall–Kier alpha value is -4.44. The molecule has 1 aliphatic heterocycles. The summed E-state index contributed by atoms with van der Waals surface area (Å²) in [6, 6.07) is 28.4. The third kappa shape index (κ3) is 3.38. The van der Waals surface area contributed by atoms with Crippen LogP contribution in [-0.2, 0) is 11.0 Å². The predicted molar refractivity (Wildman–Crippen MR) is 159 cm³/mol. The SMILES string of the molecule is CN(C)c1ccc(C2(c3ccccc3)C=Cc3c4c(c5ccc(F)cc5c3O2)-c2ccc(F)cc2C4(C)C)cc1. The number of hydrogen-bond acceptors (Lipinski definition) is 2. The monoisotopic (exact) mass is 529 g/mol. The maximum Gasteiger partial charge on any atom is 0.178 e. The summed E-state index contributed by atoms with van der Waals surface area (Å²) >= 11 is 0. The van der Waals surface area contributed by atoms with Gasteiger partial charge in [0.25, 0.3) is 0 Å². The number of anilines is 1. The molecule has 2 aliphatic rings. The Kier molecular flexibility index (Phi) is 5.24. The lowest BCUT2D eigenvalue weighted by Gasteiger charge is -2.38. The quantitative estimate of drug-likeness (QED) is 0.231. The van der Waals surface area contributed by atoms with E-state index in [9.17, 15) is 8.78 Å². The fraction of sp³-hybridized carbons (Fsp3) is 0.167. The second kappa shape index (κ2) is 8.53. The van der Waals surface area contributed by atoms with Gasteiger partial charge >= 0.3 is 0 Å². The standard InChI is InChI=1S/C36H29F2NO/c1-35(2)31-21-25(38)13-17-28(31)32-27-16-12-24(37)20-30(27)34-29(33(32)35)18-19-36(40-34,22-8-6-5-7-9-22)23-10-14-26(15-11-23)39(3)4/h5-21H,1-4H3. The van der Waals surface area contributed by atoms with Gasteiger partial charge in [-0.2, -0.15) is 0 Å². The van der Waals surface area contributed by atoms with Crippen molar-refractivity contribution in [1.29, 1.82) is 0 Å². The molecule has 1 atom stereocenters. The molecule has 4 heteroatoms. The number of nitrogens with zero attached hydrogens (tertiary/aromatic N) is 1. The predicted octanol–water partition coefficient (Wildman–Crippen LogP) is 8.84. The molecule has 0 aromatic heterocycles. The lowest BCUT2D eigenvalue weighted by atomic mass is 9.77. The number of ether oxygens (including phenoxy) is 1. The van der Waals surface area contributed by atoms with Gasteiger partial charge in [-0.25, -0.2) is 8.78 Å². The van der Waals surface area contributed by atoms with Crippen molar-refractivity contribution in [2.75, 3.05) is 19.0 Å². The molecule has 0 amide bonds. The first kappa shape index (κ1) is 24.6. The first-order chi connectivity index (χ1) is 19.2. The van der Waals surface area contributed by atoms with Crippen molar-refractivity contribution in [3.05, 3.63) is 137 Å². The molecule has 0 bridgehead atoms. The van der Waals surface area contributed by atoms with Gasteiger partial charge < -0.3 is 9.64 Å². The van der Waals surface area contributed by atoms with Crippen molar-refractivity contribution in [3.63, 3.8) is 0 Å². The van der Waals surface area contributed by atoms with Crippen LogP contribution < -0.4 is 9.64 Å². The summed E-state index contributed by atoms with van der Waals surface area (Å²) in [4.78, 5) is 2.06. The fourth-order valence-corrected chi connectivity index (χ4v) is 6.60. The molecular formula is C36H29F2NO. The third-order valence-corrected chi connectivity index (χ3v) is 8.57. The second-order valence-electron chi connectivity index (χ2n) is 11.5. The molecule has 5 aromatic rings. The maximum atomic E-state index is 14.9. The summed E-state index contributed by atoms with van der Waals surface area (Å²) in [5, 5.41) is 1.60. The molecule has 7 rings (SSSR count). The first-order valence-corrected chi connectivity index (χ1v) is 13.5. The van der Waals surface area contributed by atoms with E-state index >= 15 is 0 Å². The Labute approximate surface area is 233 Å². The van der Waals surface area contributed by atoms with E-state index in [0.29, 0.717) is 11.1 Å². The van der Waals surface area contributed by atoms with Crippen LogP contribution in [0.1, 0.15) is 41.7 Å². The van der Waals surface area contributed by atoms with Crippen molar-refractivity contribution >= 4 is 22.5 Å². The second-order valence-corrected chi connectivity index (χ2v) is 11.5. The topological polar surface area (TPSA) is 12.5 Å². The van der Waals surface area contributed by atoms with Crippen molar-refractivity contribution in [2.24, 2.45) is 0 Å². The highest BCUT2D eigenvalue weighted by Gasteiger charge is 2.44. The minimum atomic E-state index is -0.922. The van der Waals surface area contributed by atoms with E-state index in [1.54, 1.807) is 12.1 Å². The average Bonchev–Trinajstić information content (AvgIpc) is 3.19. The largest absolute Gasteiger partial charge is 0.472 e. The van der Waals surface area contributed by atoms with E-state index in [4.69, 9.17) is 4.74 Å². The average molecular weight is 530 g/mol. The molecule has 0 N–H and O–H groups in total. The van der Waals surface area contributed by atoms with Gasteiger partial charge in [0.15, 0.2) is 5.60 Å². The molecule has 1 unspecified atom stereocenters. The number of halogens is 2. The number of hydrogen-bond donors (Lipinski definition) is 0. The fourth-order valence-electron chi connectivity index (χ4n) is 6.60. The zero-order chi connectivity index (χ0) is 27.8. The van der Waals surface area contributed by atoms with E-state index in [2.05, 4.69) is 67.3 Å². The Morgan fingerprint density at radius 1 is 0.725 bits per heavy atom. The van der Waals surface area contributed by atoms with Crippen LogP contribution in [-0.4, -0.2) is 14.1 Å². The highest BCUT2D eigenvalue weighted by Crippen LogP contribution is 2.58. The molecule has 2 nitrogen and oxygen atoms in total. The van der Waals surface area contributed by atoms with Gasteiger partial charge in [-0.15, -0.1) is 0 Å². The molecule has 0 radical (unpaired) electrons. The van der Waals surface area contributed by atoms with E-state index < -0.39 is 11.0 Å². The molecule has 0 fully saturated rings. The van der Waals surface area contributed by atoms with Gasteiger partial charge in [0.2, 0.25) is 0 Å². The molecule has 0 saturated heterocycles. The van der Waals surface area contributed by atoms with Gasteiger partial charge in [-0.3, -0.25) is 0 Å². The normalized spacial score (nSPS) is 18.1. The Bertz CT molecular complexity index is 1840. The van der Waals surface area contributed by atoms with E-state index in [1.807, 2.05) is 44.4 Å². The van der Waals surface area contributed by atoms with Crippen molar-refractivity contribution in [2.45, 2.75) is 24.9 Å². The summed E-state index contributed by atoms with van der Waals surface area (Å²) in [5.41, 5.74) is 6.54. The molecule has 1 heterocycles. The van der Waals surface area contributed by atoms with Gasteiger partial charge in [0.05, 0.1) is 0 Å². The van der Waals surface area contributed by atoms with Crippen LogP contribution in [0.2, 0.25) is 0 Å². The van der Waals surface area contributed by atoms with Crippen molar-refractivity contribution < 1.29 is 13.5 Å². The molecule has 5 aromatic carbocycles. The summed E-state index contributed by atoms with van der Waals surface area (Å²) < 4.78 is 36.5. The third-order valence-electron chi connectivity index (χ3n) is 8.57. The molecule has 0 spiro atoms. The van der Waals surface area contributed by atoms with Crippen LogP contribution in [0.15, 0.2) is 97.1 Å². The van der Waals surface area contributed by atoms with Crippen LogP contribution >= 0.6 is 0 Å². The minimum absolute atomic E-state index is 0.264. The van der Waals surface area contributed by atoms with Gasteiger partial charge in [-0.1, -0.05) is 74.5 Å². The summed E-state index contributed by atoms with van der Waals surface area (Å²) in [7, 11) is 4.03. The van der Waals surface area contributed by atoms with Crippen molar-refractivity contribution in [3.8, 4) is 16.9 Å². The van der Waals surface area contributed by atoms with Crippen LogP contribution in [0.3, 0.4) is 0 Å². The molecule has 1 aliphatic carbocycles. The Morgan fingerprint density at radius 2 is 1.40 bits per heavy atom. The zero-order valence-electron chi connectivity index (χ0n) is 22.9. The number of fused-ring (bicyclic) bond motifs is 8. The smallest absolute Gasteiger partial charge is 0.178 e. The lowest BCUT2D eigenvalue weighted by molar-refractivity contribution is 0.163. The Balaban J connectivity index is 1.54. The Morgan fingerprint density at radius 3 is 2.12 bits per heavy atom. The summed E-state index contributed by atoms with van der Waals surface area (Å²) in [6.45, 7) is 4.25. The van der Waals surface area contributed by atoms with Crippen LogP contribution in [0, 0.1) is 11.6 Å². The molecule has 40 heavy (non-hydrogen) atoms. The van der Waals surface area contributed by atoms with E-state index in [1.165, 1.54) is 12.1 Å². The van der Waals surface area contributed by atoms with Gasteiger partial charge in [-0.05, 0) is 70.1 Å². The van der Waals surface area contributed by atoms with E-state index in [0.717, 1.165) is 50.0 Å². The maximum absolute atomic E-state index is 14.9. The van der Waals surface area contributed by atoms with E-state index in [-0.39, 0.29) is 11.6 Å². The van der Waals surface area contributed by atoms with Crippen LogP contribution in [0.5, 0.6) is 5.75 Å². The molecule has 0 saturated carbocycles. The van der Waals surface area contributed by atoms with Crippen LogP contribution in [0.25, 0.3) is 28.0 Å². The number of benzene rings is 5. The lowest BCUT2D eigenvalue weighted by Crippen LogP contribution is -2.35. The zero-order valence-corrected chi connectivity index (χ0v) is 22.9. The molecular weight excluding hydrogens is 500 g/mol. The van der Waals surface area contributed by atoms with Gasteiger partial charge in [0.1, 0.15) is 17.4 Å². The van der Waals surface area contributed by atoms with Crippen LogP contribution in [0.4, 0.5) is 14.5 Å². The summed E-state index contributed by atoms with van der Waals surface area (Å²) in [5.74, 6) is 0.0441. The first-order valence-electron chi connectivity index (χ1n) is 13.5. The van der Waals surface area contributed by atoms with Crippen molar-refractivity contribution in [1.82, 2.24) is 0 Å². The summed E-state index contributed by atoms with van der Waals surface area (Å²) in [6.07, 6.45) is 4.24. The number of rotatable bonds is 3. The molecule has 198 valence electrons.